The molecule has 9 nitrogen and oxygen atoms in total. The number of nitrogens with zero attached hydrogens (tertiary/aromatic N) is 6. The molecule has 192 valence electrons. The standard InChI is InChI=1S/C30H26N8O/c1-19(34-30(39)26-28(31)36-38-15-7-14-32-29(26)38)27-24(21-8-4-3-5-9-21)16-23-22(10-6-11-25(23)35-27)13-12-20-17-33-37(2)18-20/h3-19H,1-2H3,(H2,31,36)(H,34,39)/b13-12+/t19-/m1/s1. The molecule has 39 heavy (non-hydrogen) atoms. The molecule has 0 radical (unpaired) electrons. The van der Waals surface area contributed by atoms with E-state index in [0.717, 1.165) is 38.9 Å². The molecule has 6 rings (SSSR count). The number of nitrogens with one attached hydrogen (secondary N) is 1. The monoisotopic (exact) mass is 514 g/mol. The molecule has 1 atom stereocenters. The lowest BCUT2D eigenvalue weighted by Gasteiger charge is -2.19. The van der Waals surface area contributed by atoms with Crippen molar-refractivity contribution in [3.63, 3.8) is 0 Å². The van der Waals surface area contributed by atoms with Gasteiger partial charge in [-0.3, -0.25) is 9.48 Å². The fourth-order valence-corrected chi connectivity index (χ4v) is 4.73. The molecule has 6 aromatic rings. The Hall–Kier alpha value is -5.31. The largest absolute Gasteiger partial charge is 0.381 e. The van der Waals surface area contributed by atoms with E-state index in [1.165, 1.54) is 4.52 Å². The summed E-state index contributed by atoms with van der Waals surface area (Å²) in [5, 5.41) is 12.5. The number of carbonyl (C=O) groups is 1. The van der Waals surface area contributed by atoms with Crippen LogP contribution in [0.25, 0.3) is 39.8 Å². The number of aromatic nitrogens is 6. The number of amides is 1. The number of pyridine rings is 1. The maximum atomic E-state index is 13.4. The van der Waals surface area contributed by atoms with Crippen LogP contribution in [0.5, 0.6) is 0 Å². The van der Waals surface area contributed by atoms with E-state index in [0.29, 0.717) is 5.65 Å². The van der Waals surface area contributed by atoms with Gasteiger partial charge in [0.05, 0.1) is 23.4 Å². The van der Waals surface area contributed by atoms with Crippen LogP contribution in [0.2, 0.25) is 0 Å². The van der Waals surface area contributed by atoms with Gasteiger partial charge in [-0.1, -0.05) is 54.6 Å². The zero-order chi connectivity index (χ0) is 26.9. The molecule has 0 spiro atoms. The molecule has 9 heteroatoms. The average molecular weight is 515 g/mol. The normalized spacial score (nSPS) is 12.4. The van der Waals surface area contributed by atoms with Crippen LogP contribution >= 0.6 is 0 Å². The maximum Gasteiger partial charge on any atom is 0.259 e. The molecule has 0 bridgehead atoms. The smallest absolute Gasteiger partial charge is 0.259 e. The van der Waals surface area contributed by atoms with Crippen molar-refractivity contribution < 1.29 is 4.79 Å². The number of benzene rings is 2. The molecular formula is C30H26N8O. The van der Waals surface area contributed by atoms with Crippen molar-refractivity contribution in [2.75, 3.05) is 5.73 Å². The van der Waals surface area contributed by atoms with Gasteiger partial charge in [0.2, 0.25) is 0 Å². The highest BCUT2D eigenvalue weighted by molar-refractivity contribution is 6.04. The van der Waals surface area contributed by atoms with Crippen molar-refractivity contribution in [2.45, 2.75) is 13.0 Å². The summed E-state index contributed by atoms with van der Waals surface area (Å²) in [6, 6.07) is 19.5. The summed E-state index contributed by atoms with van der Waals surface area (Å²) in [7, 11) is 1.90. The number of nitrogen functional groups attached to an aromatic ring is 1. The van der Waals surface area contributed by atoms with Crippen LogP contribution in [-0.4, -0.2) is 35.3 Å². The highest BCUT2D eigenvalue weighted by Crippen LogP contribution is 2.32. The van der Waals surface area contributed by atoms with Crippen LogP contribution in [-0.2, 0) is 7.05 Å². The minimum atomic E-state index is -0.426. The Kier molecular flexibility index (Phi) is 6.08. The van der Waals surface area contributed by atoms with Crippen molar-refractivity contribution in [1.29, 1.82) is 0 Å². The Morgan fingerprint density at radius 3 is 2.72 bits per heavy atom. The van der Waals surface area contributed by atoms with Gasteiger partial charge in [-0.05, 0) is 36.2 Å². The van der Waals surface area contributed by atoms with Crippen LogP contribution in [0, 0.1) is 0 Å². The molecule has 1 amide bonds. The Labute approximate surface area is 224 Å². The molecule has 4 heterocycles. The van der Waals surface area contributed by atoms with Crippen LogP contribution in [0.3, 0.4) is 0 Å². The van der Waals surface area contributed by atoms with Gasteiger partial charge >= 0.3 is 0 Å². The highest BCUT2D eigenvalue weighted by atomic mass is 16.1. The number of carbonyl (C=O) groups excluding carboxylic acids is 1. The fourth-order valence-electron chi connectivity index (χ4n) is 4.73. The fraction of sp³-hybridized carbons (Fsp3) is 0.100. The third kappa shape index (κ3) is 4.61. The molecule has 0 fully saturated rings. The van der Waals surface area contributed by atoms with E-state index in [-0.39, 0.29) is 17.3 Å². The molecule has 0 saturated heterocycles. The van der Waals surface area contributed by atoms with Gasteiger partial charge < -0.3 is 11.1 Å². The summed E-state index contributed by atoms with van der Waals surface area (Å²) in [6.07, 6.45) is 11.2. The van der Waals surface area contributed by atoms with Gasteiger partial charge in [0.25, 0.3) is 5.91 Å². The quantitative estimate of drug-likeness (QED) is 0.326. The zero-order valence-corrected chi connectivity index (χ0v) is 21.5. The van der Waals surface area contributed by atoms with E-state index in [1.807, 2.05) is 74.9 Å². The topological polar surface area (TPSA) is 116 Å². The summed E-state index contributed by atoms with van der Waals surface area (Å²) in [6.45, 7) is 1.92. The van der Waals surface area contributed by atoms with Crippen LogP contribution in [0.15, 0.2) is 85.5 Å². The maximum absolute atomic E-state index is 13.4. The number of aryl methyl sites for hydroxylation is 1. The van der Waals surface area contributed by atoms with Crippen molar-refractivity contribution >= 4 is 40.4 Å². The SMILES string of the molecule is C[C@@H](NC(=O)c1c(N)nn2cccnc12)c1nc2cccc(/C=C/c3cnn(C)c3)c2cc1-c1ccccc1. The van der Waals surface area contributed by atoms with Crippen LogP contribution in [0.1, 0.15) is 40.1 Å². The molecule has 0 aliphatic rings. The summed E-state index contributed by atoms with van der Waals surface area (Å²) in [5.41, 5.74) is 12.3. The van der Waals surface area contributed by atoms with E-state index >= 15 is 0 Å². The first-order valence-electron chi connectivity index (χ1n) is 12.5. The second-order valence-electron chi connectivity index (χ2n) is 9.33. The van der Waals surface area contributed by atoms with Crippen molar-refractivity contribution in [1.82, 2.24) is 34.7 Å². The molecule has 3 N–H and O–H groups in total. The van der Waals surface area contributed by atoms with Crippen molar-refractivity contribution in [3.05, 3.63) is 108 Å². The number of hydrogen-bond acceptors (Lipinski definition) is 6. The predicted molar refractivity (Wildman–Crippen MR) is 153 cm³/mol. The number of nitrogens with two attached hydrogens (primary N) is 1. The second kappa shape index (κ2) is 9.86. The molecule has 0 aliphatic carbocycles. The second-order valence-corrected chi connectivity index (χ2v) is 9.33. The molecular weight excluding hydrogens is 488 g/mol. The zero-order valence-electron chi connectivity index (χ0n) is 21.5. The van der Waals surface area contributed by atoms with E-state index in [4.69, 9.17) is 10.7 Å². The molecule has 0 aliphatic heterocycles. The molecule has 0 saturated carbocycles. The number of hydrogen-bond donors (Lipinski definition) is 2. The summed E-state index contributed by atoms with van der Waals surface area (Å²) in [4.78, 5) is 22.7. The lowest BCUT2D eigenvalue weighted by atomic mass is 9.96. The lowest BCUT2D eigenvalue weighted by Crippen LogP contribution is -2.28. The minimum absolute atomic E-state index is 0.123. The summed E-state index contributed by atoms with van der Waals surface area (Å²) >= 11 is 0. The van der Waals surface area contributed by atoms with E-state index in [1.54, 1.807) is 23.1 Å². The van der Waals surface area contributed by atoms with Crippen LogP contribution in [0.4, 0.5) is 5.82 Å². The molecule has 2 aromatic carbocycles. The van der Waals surface area contributed by atoms with Gasteiger partial charge in [0.15, 0.2) is 11.5 Å². The van der Waals surface area contributed by atoms with Gasteiger partial charge in [-0.2, -0.15) is 5.10 Å². The Morgan fingerprint density at radius 2 is 1.92 bits per heavy atom. The number of fused-ring (bicyclic) bond motifs is 2. The van der Waals surface area contributed by atoms with E-state index < -0.39 is 6.04 Å². The van der Waals surface area contributed by atoms with Crippen molar-refractivity contribution in [2.24, 2.45) is 7.05 Å². The molecule has 0 unspecified atom stereocenters. The van der Waals surface area contributed by atoms with Crippen molar-refractivity contribution in [3.8, 4) is 11.1 Å². The Bertz CT molecular complexity index is 1850. The van der Waals surface area contributed by atoms with Gasteiger partial charge in [-0.25, -0.2) is 14.5 Å². The molecule has 4 aromatic heterocycles. The van der Waals surface area contributed by atoms with Gasteiger partial charge in [0, 0.05) is 42.2 Å². The van der Waals surface area contributed by atoms with E-state index in [2.05, 4.69) is 38.7 Å². The van der Waals surface area contributed by atoms with Gasteiger partial charge in [0.1, 0.15) is 5.56 Å². The third-order valence-electron chi connectivity index (χ3n) is 6.59. The average Bonchev–Trinajstić information content (AvgIpc) is 3.52. The Balaban J connectivity index is 1.42. The number of anilines is 1. The van der Waals surface area contributed by atoms with E-state index in [9.17, 15) is 4.79 Å². The highest BCUT2D eigenvalue weighted by Gasteiger charge is 2.23. The van der Waals surface area contributed by atoms with Crippen LogP contribution < -0.4 is 11.1 Å². The predicted octanol–water partition coefficient (Wildman–Crippen LogP) is 4.92. The minimum Gasteiger partial charge on any atom is -0.381 e. The number of rotatable bonds is 6. The first-order valence-corrected chi connectivity index (χ1v) is 12.5. The summed E-state index contributed by atoms with van der Waals surface area (Å²) < 4.78 is 3.27. The lowest BCUT2D eigenvalue weighted by molar-refractivity contribution is 0.0941. The third-order valence-corrected chi connectivity index (χ3v) is 6.59. The first kappa shape index (κ1) is 24.1. The van der Waals surface area contributed by atoms with Gasteiger partial charge in [-0.15, -0.1) is 5.10 Å². The first-order chi connectivity index (χ1) is 19.0. The Morgan fingerprint density at radius 1 is 1.08 bits per heavy atom. The summed E-state index contributed by atoms with van der Waals surface area (Å²) in [5.74, 6) is -0.235.